The third-order valence-electron chi connectivity index (χ3n) is 3.12. The second kappa shape index (κ2) is 5.97. The SMILES string of the molecule is C=C(F)c1ccc(C2CCCC(OC(C)=O)O2)cc1. The number of esters is 1. The molecule has 0 aliphatic carbocycles. The first-order chi connectivity index (χ1) is 9.06. The van der Waals surface area contributed by atoms with Crippen LogP contribution in [0.15, 0.2) is 30.8 Å². The lowest BCUT2D eigenvalue weighted by Gasteiger charge is -2.29. The van der Waals surface area contributed by atoms with Crippen LogP contribution in [0.25, 0.3) is 5.83 Å². The molecule has 1 heterocycles. The highest BCUT2D eigenvalue weighted by molar-refractivity contribution is 5.66. The van der Waals surface area contributed by atoms with Crippen LogP contribution in [-0.4, -0.2) is 12.3 Å². The van der Waals surface area contributed by atoms with E-state index in [4.69, 9.17) is 9.47 Å². The quantitative estimate of drug-likeness (QED) is 0.780. The Kier molecular flexibility index (Phi) is 4.32. The summed E-state index contributed by atoms with van der Waals surface area (Å²) < 4.78 is 23.7. The van der Waals surface area contributed by atoms with E-state index >= 15 is 0 Å². The van der Waals surface area contributed by atoms with E-state index in [9.17, 15) is 9.18 Å². The van der Waals surface area contributed by atoms with Gasteiger partial charge in [0, 0.05) is 18.9 Å². The Hall–Kier alpha value is -1.68. The fourth-order valence-electron chi connectivity index (χ4n) is 2.18. The van der Waals surface area contributed by atoms with Gasteiger partial charge in [-0.3, -0.25) is 4.79 Å². The van der Waals surface area contributed by atoms with Gasteiger partial charge in [0.2, 0.25) is 6.29 Å². The predicted molar refractivity (Wildman–Crippen MR) is 69.8 cm³/mol. The minimum Gasteiger partial charge on any atom is -0.436 e. The topological polar surface area (TPSA) is 35.5 Å². The summed E-state index contributed by atoms with van der Waals surface area (Å²) in [6.45, 7) is 4.63. The van der Waals surface area contributed by atoms with Crippen molar-refractivity contribution in [3.05, 3.63) is 42.0 Å². The van der Waals surface area contributed by atoms with Crippen LogP contribution in [0.1, 0.15) is 43.4 Å². The van der Waals surface area contributed by atoms with Gasteiger partial charge in [0.05, 0.1) is 6.10 Å². The Morgan fingerprint density at radius 3 is 2.63 bits per heavy atom. The lowest BCUT2D eigenvalue weighted by molar-refractivity contribution is -0.201. The zero-order valence-corrected chi connectivity index (χ0v) is 10.9. The molecule has 0 saturated carbocycles. The Labute approximate surface area is 112 Å². The summed E-state index contributed by atoms with van der Waals surface area (Å²) >= 11 is 0. The number of hydrogen-bond acceptors (Lipinski definition) is 3. The molecule has 0 amide bonds. The maximum atomic E-state index is 12.9. The number of hydrogen-bond donors (Lipinski definition) is 0. The Morgan fingerprint density at radius 2 is 2.05 bits per heavy atom. The molecule has 1 fully saturated rings. The van der Waals surface area contributed by atoms with E-state index < -0.39 is 12.1 Å². The van der Waals surface area contributed by atoms with Gasteiger partial charge in [-0.1, -0.05) is 30.8 Å². The monoisotopic (exact) mass is 264 g/mol. The fourth-order valence-corrected chi connectivity index (χ4v) is 2.18. The Bertz CT molecular complexity index is 467. The molecule has 0 N–H and O–H groups in total. The minimum atomic E-state index is -0.480. The standard InChI is InChI=1S/C15H17FO3/c1-10(16)12-6-8-13(9-7-12)14-4-3-5-15(19-14)18-11(2)17/h6-9,14-15H,1,3-5H2,2H3. The molecule has 19 heavy (non-hydrogen) atoms. The van der Waals surface area contributed by atoms with Crippen molar-refractivity contribution in [3.63, 3.8) is 0 Å². The van der Waals surface area contributed by atoms with Gasteiger partial charge in [0.25, 0.3) is 0 Å². The largest absolute Gasteiger partial charge is 0.436 e. The smallest absolute Gasteiger partial charge is 0.304 e. The molecule has 1 aliphatic heterocycles. The van der Waals surface area contributed by atoms with E-state index in [0.717, 1.165) is 24.8 Å². The van der Waals surface area contributed by atoms with Gasteiger partial charge in [0.1, 0.15) is 5.83 Å². The van der Waals surface area contributed by atoms with Crippen LogP contribution in [0.5, 0.6) is 0 Å². The number of ether oxygens (including phenoxy) is 2. The number of carbonyl (C=O) groups excluding carboxylic acids is 1. The second-order valence-corrected chi connectivity index (χ2v) is 4.62. The van der Waals surface area contributed by atoms with Gasteiger partial charge < -0.3 is 9.47 Å². The van der Waals surface area contributed by atoms with Crippen LogP contribution in [0, 0.1) is 0 Å². The van der Waals surface area contributed by atoms with E-state index in [-0.39, 0.29) is 12.1 Å². The maximum absolute atomic E-state index is 12.9. The van der Waals surface area contributed by atoms with Crippen LogP contribution in [0.3, 0.4) is 0 Å². The molecule has 1 aromatic rings. The molecule has 0 bridgehead atoms. The molecule has 1 aliphatic rings. The molecule has 1 saturated heterocycles. The van der Waals surface area contributed by atoms with E-state index in [0.29, 0.717) is 5.56 Å². The highest BCUT2D eigenvalue weighted by atomic mass is 19.1. The van der Waals surface area contributed by atoms with Crippen molar-refractivity contribution >= 4 is 11.8 Å². The van der Waals surface area contributed by atoms with E-state index in [1.165, 1.54) is 6.92 Å². The normalized spacial score (nSPS) is 22.8. The Balaban J connectivity index is 2.04. The van der Waals surface area contributed by atoms with Gasteiger partial charge in [-0.2, -0.15) is 0 Å². The minimum absolute atomic E-state index is 0.111. The first-order valence-electron chi connectivity index (χ1n) is 6.33. The van der Waals surface area contributed by atoms with Crippen molar-refractivity contribution in [1.82, 2.24) is 0 Å². The van der Waals surface area contributed by atoms with Crippen LogP contribution in [0.4, 0.5) is 4.39 Å². The molecule has 1 aromatic carbocycles. The number of halogens is 1. The highest BCUT2D eigenvalue weighted by Gasteiger charge is 2.25. The molecule has 2 atom stereocenters. The third kappa shape index (κ3) is 3.64. The summed E-state index contributed by atoms with van der Waals surface area (Å²) in [6, 6.07) is 6.99. The molecule has 3 nitrogen and oxygen atoms in total. The van der Waals surface area contributed by atoms with Crippen molar-refractivity contribution in [2.45, 2.75) is 38.6 Å². The van der Waals surface area contributed by atoms with Crippen LogP contribution < -0.4 is 0 Å². The molecule has 102 valence electrons. The lowest BCUT2D eigenvalue weighted by Crippen LogP contribution is -2.26. The average molecular weight is 264 g/mol. The number of rotatable bonds is 3. The van der Waals surface area contributed by atoms with Crippen molar-refractivity contribution in [2.24, 2.45) is 0 Å². The maximum Gasteiger partial charge on any atom is 0.304 e. The average Bonchev–Trinajstić information content (AvgIpc) is 2.38. The summed E-state index contributed by atoms with van der Waals surface area (Å²) in [7, 11) is 0. The van der Waals surface area contributed by atoms with Gasteiger partial charge in [-0.25, -0.2) is 4.39 Å². The van der Waals surface area contributed by atoms with Crippen molar-refractivity contribution < 1.29 is 18.7 Å². The van der Waals surface area contributed by atoms with Crippen molar-refractivity contribution in [1.29, 1.82) is 0 Å². The molecular weight excluding hydrogens is 247 g/mol. The van der Waals surface area contributed by atoms with Gasteiger partial charge in [-0.15, -0.1) is 0 Å². The van der Waals surface area contributed by atoms with Gasteiger partial charge in [-0.05, 0) is 18.4 Å². The first kappa shape index (κ1) is 13.7. The van der Waals surface area contributed by atoms with Crippen LogP contribution in [0.2, 0.25) is 0 Å². The Morgan fingerprint density at radius 1 is 1.37 bits per heavy atom. The number of carbonyl (C=O) groups is 1. The van der Waals surface area contributed by atoms with Crippen molar-refractivity contribution in [3.8, 4) is 0 Å². The van der Waals surface area contributed by atoms with Crippen LogP contribution in [-0.2, 0) is 14.3 Å². The summed E-state index contributed by atoms with van der Waals surface area (Å²) in [5.74, 6) is -0.788. The predicted octanol–water partition coefficient (Wildman–Crippen LogP) is 3.76. The second-order valence-electron chi connectivity index (χ2n) is 4.62. The van der Waals surface area contributed by atoms with Crippen molar-refractivity contribution in [2.75, 3.05) is 0 Å². The highest BCUT2D eigenvalue weighted by Crippen LogP contribution is 2.32. The fraction of sp³-hybridized carbons (Fsp3) is 0.400. The summed E-state index contributed by atoms with van der Waals surface area (Å²) in [6.07, 6.45) is 1.93. The molecule has 0 radical (unpaired) electrons. The summed E-state index contributed by atoms with van der Waals surface area (Å²) in [5, 5.41) is 0. The molecule has 4 heteroatoms. The number of benzene rings is 1. The zero-order valence-electron chi connectivity index (χ0n) is 10.9. The van der Waals surface area contributed by atoms with E-state index in [1.807, 2.05) is 12.1 Å². The third-order valence-corrected chi connectivity index (χ3v) is 3.12. The summed E-state index contributed by atoms with van der Waals surface area (Å²) in [4.78, 5) is 10.9. The zero-order chi connectivity index (χ0) is 13.8. The first-order valence-corrected chi connectivity index (χ1v) is 6.33. The molecule has 0 spiro atoms. The molecule has 2 unspecified atom stereocenters. The molecule has 0 aromatic heterocycles. The van der Waals surface area contributed by atoms with Crippen LogP contribution >= 0.6 is 0 Å². The summed E-state index contributed by atoms with van der Waals surface area (Å²) in [5.41, 5.74) is 1.43. The molecular formula is C15H17FO3. The van der Waals surface area contributed by atoms with E-state index in [1.54, 1.807) is 12.1 Å². The molecule has 2 rings (SSSR count). The van der Waals surface area contributed by atoms with Gasteiger partial charge >= 0.3 is 5.97 Å². The lowest BCUT2D eigenvalue weighted by atomic mass is 9.99. The van der Waals surface area contributed by atoms with Gasteiger partial charge in [0.15, 0.2) is 0 Å². The van der Waals surface area contributed by atoms with E-state index in [2.05, 4.69) is 6.58 Å².